The monoisotopic (exact) mass is 365 g/mol. The summed E-state index contributed by atoms with van der Waals surface area (Å²) in [6.07, 6.45) is 3.22. The van der Waals surface area contributed by atoms with Crippen LogP contribution in [0.5, 0.6) is 11.5 Å². The highest BCUT2D eigenvalue weighted by Crippen LogP contribution is 2.35. The number of rotatable bonds is 7. The largest absolute Gasteiger partial charge is 0.495 e. The van der Waals surface area contributed by atoms with Gasteiger partial charge in [0.15, 0.2) is 0 Å². The smallest absolute Gasteiger partial charge is 0.263 e. The minimum Gasteiger partial charge on any atom is -0.495 e. The number of anilines is 1. The van der Waals surface area contributed by atoms with Gasteiger partial charge in [-0.05, 0) is 12.8 Å². The fourth-order valence-electron chi connectivity index (χ4n) is 2.38. The molecule has 1 saturated heterocycles. The number of nitrogens with one attached hydrogen (secondary N) is 2. The summed E-state index contributed by atoms with van der Waals surface area (Å²) in [6.45, 7) is 1.09. The van der Waals surface area contributed by atoms with Gasteiger partial charge in [0.2, 0.25) is 0 Å². The summed E-state index contributed by atoms with van der Waals surface area (Å²) in [7, 11) is 2.99. The Kier molecular flexibility index (Phi) is 6.92. The molecule has 1 atom stereocenters. The van der Waals surface area contributed by atoms with Crippen molar-refractivity contribution in [2.24, 2.45) is 0 Å². The Labute approximate surface area is 151 Å². The molecule has 2 rings (SSSR count). The molecular weight excluding hydrogens is 346 g/mol. The molecule has 0 saturated carbocycles. The van der Waals surface area contributed by atoms with Crippen molar-refractivity contribution >= 4 is 23.2 Å². The molecular formula is C17H20ClN3O4. The van der Waals surface area contributed by atoms with Gasteiger partial charge in [0.1, 0.15) is 23.1 Å². The summed E-state index contributed by atoms with van der Waals surface area (Å²) in [5, 5.41) is 15.2. The van der Waals surface area contributed by atoms with Gasteiger partial charge in [-0.2, -0.15) is 5.26 Å². The molecule has 0 aromatic heterocycles. The Balaban J connectivity index is 2.06. The molecule has 1 aliphatic heterocycles. The van der Waals surface area contributed by atoms with Gasteiger partial charge in [-0.15, -0.1) is 0 Å². The van der Waals surface area contributed by atoms with Crippen LogP contribution in [-0.2, 0) is 9.53 Å². The third-order valence-corrected chi connectivity index (χ3v) is 4.02. The SMILES string of the molecule is COc1cc(N/C=C(/C#N)C(=O)NCC2CCCO2)c(OC)cc1Cl. The molecule has 1 fully saturated rings. The number of halogens is 1. The molecule has 1 aromatic carbocycles. The first kappa shape index (κ1) is 18.9. The fourth-order valence-corrected chi connectivity index (χ4v) is 2.61. The second kappa shape index (κ2) is 9.16. The minimum atomic E-state index is -0.467. The van der Waals surface area contributed by atoms with Crippen LogP contribution in [0.15, 0.2) is 23.9 Å². The van der Waals surface area contributed by atoms with Crippen molar-refractivity contribution in [2.75, 3.05) is 32.7 Å². The van der Waals surface area contributed by atoms with Crippen LogP contribution in [0.3, 0.4) is 0 Å². The van der Waals surface area contributed by atoms with Crippen molar-refractivity contribution in [3.05, 3.63) is 28.9 Å². The first-order chi connectivity index (χ1) is 12.1. The van der Waals surface area contributed by atoms with Gasteiger partial charge in [-0.25, -0.2) is 0 Å². The number of nitrogens with zero attached hydrogens (tertiary/aromatic N) is 1. The van der Waals surface area contributed by atoms with E-state index in [-0.39, 0.29) is 11.7 Å². The van der Waals surface area contributed by atoms with Crippen LogP contribution in [0.2, 0.25) is 5.02 Å². The Hall–Kier alpha value is -2.43. The summed E-state index contributed by atoms with van der Waals surface area (Å²) in [4.78, 5) is 12.1. The Morgan fingerprint density at radius 3 is 2.80 bits per heavy atom. The number of methoxy groups -OCH3 is 2. The minimum absolute atomic E-state index is 0.0115. The van der Waals surface area contributed by atoms with E-state index < -0.39 is 5.91 Å². The molecule has 134 valence electrons. The Morgan fingerprint density at radius 1 is 1.44 bits per heavy atom. The van der Waals surface area contributed by atoms with E-state index in [4.69, 9.17) is 25.8 Å². The van der Waals surface area contributed by atoms with Crippen molar-refractivity contribution in [3.8, 4) is 17.6 Å². The number of amides is 1. The van der Waals surface area contributed by atoms with E-state index in [0.717, 1.165) is 12.8 Å². The lowest BCUT2D eigenvalue weighted by Crippen LogP contribution is -2.32. The molecule has 0 bridgehead atoms. The highest BCUT2D eigenvalue weighted by Gasteiger charge is 2.18. The number of carbonyl (C=O) groups is 1. The highest BCUT2D eigenvalue weighted by atomic mass is 35.5. The van der Waals surface area contributed by atoms with Crippen LogP contribution < -0.4 is 20.1 Å². The third kappa shape index (κ3) is 5.02. The van der Waals surface area contributed by atoms with Gasteiger partial charge in [0, 0.05) is 31.5 Å². The summed E-state index contributed by atoms with van der Waals surface area (Å²) < 4.78 is 15.8. The van der Waals surface area contributed by atoms with Gasteiger partial charge in [-0.1, -0.05) is 11.6 Å². The van der Waals surface area contributed by atoms with Crippen LogP contribution in [0.1, 0.15) is 12.8 Å². The van der Waals surface area contributed by atoms with Gasteiger partial charge in [0.25, 0.3) is 5.91 Å². The zero-order valence-electron chi connectivity index (χ0n) is 14.1. The van der Waals surface area contributed by atoms with E-state index in [9.17, 15) is 10.1 Å². The van der Waals surface area contributed by atoms with E-state index >= 15 is 0 Å². The Bertz CT molecular complexity index is 694. The topological polar surface area (TPSA) is 92.6 Å². The zero-order valence-corrected chi connectivity index (χ0v) is 14.9. The molecule has 1 aromatic rings. The average Bonchev–Trinajstić information content (AvgIpc) is 3.14. The predicted molar refractivity (Wildman–Crippen MR) is 93.9 cm³/mol. The molecule has 1 amide bonds. The summed E-state index contributed by atoms with van der Waals surface area (Å²) >= 11 is 6.05. The van der Waals surface area contributed by atoms with Crippen LogP contribution in [0.4, 0.5) is 5.69 Å². The van der Waals surface area contributed by atoms with E-state index in [1.54, 1.807) is 12.1 Å². The second-order valence-electron chi connectivity index (χ2n) is 5.35. The molecule has 2 N–H and O–H groups in total. The van der Waals surface area contributed by atoms with Crippen LogP contribution in [0, 0.1) is 11.3 Å². The summed E-state index contributed by atoms with van der Waals surface area (Å²) in [5.74, 6) is 0.434. The van der Waals surface area contributed by atoms with Crippen LogP contribution in [0.25, 0.3) is 0 Å². The molecule has 1 heterocycles. The maximum atomic E-state index is 12.1. The van der Waals surface area contributed by atoms with Crippen molar-refractivity contribution in [2.45, 2.75) is 18.9 Å². The lowest BCUT2D eigenvalue weighted by Gasteiger charge is -2.13. The van der Waals surface area contributed by atoms with Gasteiger partial charge in [0.05, 0.1) is 31.0 Å². The van der Waals surface area contributed by atoms with Crippen molar-refractivity contribution < 1.29 is 19.0 Å². The molecule has 8 heteroatoms. The van der Waals surface area contributed by atoms with E-state index in [1.165, 1.54) is 20.4 Å². The average molecular weight is 366 g/mol. The number of hydrogen-bond acceptors (Lipinski definition) is 6. The summed E-state index contributed by atoms with van der Waals surface area (Å²) in [6, 6.07) is 5.08. The first-order valence-electron chi connectivity index (χ1n) is 7.77. The third-order valence-electron chi connectivity index (χ3n) is 3.73. The van der Waals surface area contributed by atoms with Crippen molar-refractivity contribution in [1.29, 1.82) is 5.26 Å². The standard InChI is InChI=1S/C17H20ClN3O4/c1-23-15-7-14(16(24-2)6-13(15)18)20-9-11(8-19)17(22)21-10-12-4-3-5-25-12/h6-7,9,12,20H,3-5,10H2,1-2H3,(H,21,22)/b11-9-. The maximum Gasteiger partial charge on any atom is 0.263 e. The van der Waals surface area contributed by atoms with Gasteiger partial charge >= 0.3 is 0 Å². The first-order valence-corrected chi connectivity index (χ1v) is 8.15. The molecule has 0 spiro atoms. The molecule has 7 nitrogen and oxygen atoms in total. The lowest BCUT2D eigenvalue weighted by atomic mass is 10.2. The highest BCUT2D eigenvalue weighted by molar-refractivity contribution is 6.32. The predicted octanol–water partition coefficient (Wildman–Crippen LogP) is 2.47. The zero-order chi connectivity index (χ0) is 18.2. The number of hydrogen-bond donors (Lipinski definition) is 2. The number of nitriles is 1. The summed E-state index contributed by atoms with van der Waals surface area (Å²) in [5.41, 5.74) is 0.456. The molecule has 25 heavy (non-hydrogen) atoms. The van der Waals surface area contributed by atoms with E-state index in [1.807, 2.05) is 6.07 Å². The Morgan fingerprint density at radius 2 is 2.20 bits per heavy atom. The van der Waals surface area contributed by atoms with E-state index in [0.29, 0.717) is 35.4 Å². The lowest BCUT2D eigenvalue weighted by molar-refractivity contribution is -0.117. The molecule has 1 aliphatic rings. The van der Waals surface area contributed by atoms with Crippen molar-refractivity contribution in [1.82, 2.24) is 5.32 Å². The maximum absolute atomic E-state index is 12.1. The number of benzene rings is 1. The molecule has 1 unspecified atom stereocenters. The quantitative estimate of drug-likeness (QED) is 0.569. The van der Waals surface area contributed by atoms with Crippen LogP contribution in [-0.4, -0.2) is 39.4 Å². The molecule has 0 radical (unpaired) electrons. The molecule has 0 aliphatic carbocycles. The van der Waals surface area contributed by atoms with E-state index in [2.05, 4.69) is 10.6 Å². The second-order valence-corrected chi connectivity index (χ2v) is 5.75. The normalized spacial score (nSPS) is 16.9. The van der Waals surface area contributed by atoms with Crippen molar-refractivity contribution in [3.63, 3.8) is 0 Å². The van der Waals surface area contributed by atoms with Crippen LogP contribution >= 0.6 is 11.6 Å². The van der Waals surface area contributed by atoms with Gasteiger partial charge in [-0.3, -0.25) is 4.79 Å². The number of ether oxygens (including phenoxy) is 3. The fraction of sp³-hybridized carbons (Fsp3) is 0.412. The number of carbonyl (C=O) groups excluding carboxylic acids is 1. The van der Waals surface area contributed by atoms with Gasteiger partial charge < -0.3 is 24.8 Å².